The number of nitrogens with one attached hydrogen (secondary N) is 1. The zero-order valence-electron chi connectivity index (χ0n) is 9.18. The zero-order chi connectivity index (χ0) is 11.0. The Hall–Kier alpha value is -1.62. The van der Waals surface area contributed by atoms with E-state index in [0.717, 1.165) is 24.5 Å². The van der Waals surface area contributed by atoms with Gasteiger partial charge in [-0.25, -0.2) is 0 Å². The first-order chi connectivity index (χ1) is 7.84. The van der Waals surface area contributed by atoms with E-state index in [1.165, 1.54) is 6.42 Å². The molecule has 2 aromatic rings. The van der Waals surface area contributed by atoms with Gasteiger partial charge in [-0.2, -0.15) is 4.98 Å². The largest absolute Gasteiger partial charge is 0.347 e. The van der Waals surface area contributed by atoms with E-state index in [-0.39, 0.29) is 6.04 Å². The molecule has 0 amide bonds. The van der Waals surface area contributed by atoms with E-state index < -0.39 is 0 Å². The number of hydrogen-bond donors (Lipinski definition) is 1. The number of aryl methyl sites for hydroxylation is 1. The highest BCUT2D eigenvalue weighted by molar-refractivity contribution is 5.47. The highest BCUT2D eigenvalue weighted by Crippen LogP contribution is 2.23. The maximum absolute atomic E-state index is 5.28. The smallest absolute Gasteiger partial charge is 0.274 e. The Labute approximate surface area is 93.5 Å². The summed E-state index contributed by atoms with van der Waals surface area (Å²) in [5.41, 5.74) is 0.955. The fraction of sp³-hybridized carbons (Fsp3) is 0.455. The Morgan fingerprint density at radius 2 is 2.50 bits per heavy atom. The lowest BCUT2D eigenvalue weighted by molar-refractivity contribution is 0.410. The first-order valence-corrected chi connectivity index (χ1v) is 5.53. The number of nitrogens with zero attached hydrogens (tertiary/aromatic N) is 3. The minimum Gasteiger partial charge on any atom is -0.347 e. The molecule has 2 aromatic heterocycles. The van der Waals surface area contributed by atoms with Gasteiger partial charge in [-0.3, -0.25) is 0 Å². The maximum Gasteiger partial charge on any atom is 0.274 e. The van der Waals surface area contributed by atoms with Crippen molar-refractivity contribution in [2.45, 2.75) is 18.9 Å². The van der Waals surface area contributed by atoms with Gasteiger partial charge in [0, 0.05) is 13.2 Å². The standard InChI is InChI=1S/C11H14N4O/c1-15-7-3-5-9(15)11-13-10(14-16-11)8-4-2-6-12-8/h3,5,7-8,12H,2,4,6H2,1H3/t8-/m1/s1. The third-order valence-corrected chi connectivity index (χ3v) is 2.98. The second-order valence-corrected chi connectivity index (χ2v) is 4.11. The molecule has 3 heterocycles. The van der Waals surface area contributed by atoms with Gasteiger partial charge in [-0.05, 0) is 31.5 Å². The number of hydrogen-bond acceptors (Lipinski definition) is 4. The van der Waals surface area contributed by atoms with Crippen LogP contribution in [0, 0.1) is 0 Å². The Morgan fingerprint density at radius 1 is 1.56 bits per heavy atom. The van der Waals surface area contributed by atoms with Gasteiger partial charge in [0.05, 0.1) is 6.04 Å². The second kappa shape index (κ2) is 3.75. The molecule has 0 aromatic carbocycles. The lowest BCUT2D eigenvalue weighted by Gasteiger charge is -2.01. The van der Waals surface area contributed by atoms with Crippen LogP contribution in [0.3, 0.4) is 0 Å². The van der Waals surface area contributed by atoms with Crippen LogP contribution in [-0.4, -0.2) is 21.3 Å². The maximum atomic E-state index is 5.28. The summed E-state index contributed by atoms with van der Waals surface area (Å²) in [6.45, 7) is 1.04. The summed E-state index contributed by atoms with van der Waals surface area (Å²) in [6.07, 6.45) is 4.23. The third-order valence-electron chi connectivity index (χ3n) is 2.98. The minimum absolute atomic E-state index is 0.262. The van der Waals surface area contributed by atoms with Crippen molar-refractivity contribution < 1.29 is 4.52 Å². The van der Waals surface area contributed by atoms with Crippen LogP contribution in [0.4, 0.5) is 0 Å². The fourth-order valence-electron chi connectivity index (χ4n) is 2.07. The summed E-state index contributed by atoms with van der Waals surface area (Å²) in [6, 6.07) is 4.20. The Morgan fingerprint density at radius 3 is 3.19 bits per heavy atom. The van der Waals surface area contributed by atoms with Crippen LogP contribution in [0.1, 0.15) is 24.7 Å². The van der Waals surface area contributed by atoms with Gasteiger partial charge in [0.25, 0.3) is 5.89 Å². The fourth-order valence-corrected chi connectivity index (χ4v) is 2.07. The van der Waals surface area contributed by atoms with Crippen LogP contribution in [0.2, 0.25) is 0 Å². The molecule has 16 heavy (non-hydrogen) atoms. The second-order valence-electron chi connectivity index (χ2n) is 4.11. The molecule has 1 saturated heterocycles. The topological polar surface area (TPSA) is 55.9 Å². The van der Waals surface area contributed by atoms with Gasteiger partial charge in [0.1, 0.15) is 5.69 Å². The predicted molar refractivity (Wildman–Crippen MR) is 58.7 cm³/mol. The van der Waals surface area contributed by atoms with E-state index >= 15 is 0 Å². The van der Waals surface area contributed by atoms with Crippen molar-refractivity contribution in [2.24, 2.45) is 7.05 Å². The first-order valence-electron chi connectivity index (χ1n) is 5.53. The SMILES string of the molecule is Cn1cccc1-c1nc([C@H]2CCCN2)no1. The predicted octanol–water partition coefficient (Wildman–Crippen LogP) is 1.50. The van der Waals surface area contributed by atoms with Crippen molar-refractivity contribution in [1.82, 2.24) is 20.0 Å². The molecule has 0 unspecified atom stereocenters. The average Bonchev–Trinajstić information content (AvgIpc) is 2.96. The molecule has 0 aliphatic carbocycles. The minimum atomic E-state index is 0.262. The molecule has 84 valence electrons. The molecule has 0 bridgehead atoms. The lowest BCUT2D eigenvalue weighted by atomic mass is 10.2. The molecule has 1 aliphatic heterocycles. The molecule has 0 saturated carbocycles. The van der Waals surface area contributed by atoms with Crippen LogP contribution in [0.25, 0.3) is 11.6 Å². The summed E-state index contributed by atoms with van der Waals surface area (Å²) < 4.78 is 7.25. The quantitative estimate of drug-likeness (QED) is 0.830. The van der Waals surface area contributed by atoms with Crippen molar-refractivity contribution >= 4 is 0 Å². The van der Waals surface area contributed by atoms with Crippen LogP contribution >= 0.6 is 0 Å². The van der Waals surface area contributed by atoms with E-state index in [1.807, 2.05) is 29.9 Å². The van der Waals surface area contributed by atoms with Gasteiger partial charge in [0.2, 0.25) is 0 Å². The Kier molecular flexibility index (Phi) is 2.25. The number of aromatic nitrogens is 3. The van der Waals surface area contributed by atoms with Crippen LogP contribution in [0.15, 0.2) is 22.9 Å². The van der Waals surface area contributed by atoms with E-state index in [9.17, 15) is 0 Å². The van der Waals surface area contributed by atoms with Crippen molar-refractivity contribution in [1.29, 1.82) is 0 Å². The van der Waals surface area contributed by atoms with E-state index in [1.54, 1.807) is 0 Å². The van der Waals surface area contributed by atoms with Gasteiger partial charge in [-0.1, -0.05) is 5.16 Å². The third kappa shape index (κ3) is 1.53. The molecule has 0 spiro atoms. The molecule has 5 heteroatoms. The molecule has 1 N–H and O–H groups in total. The van der Waals surface area contributed by atoms with E-state index in [0.29, 0.717) is 5.89 Å². The molecule has 5 nitrogen and oxygen atoms in total. The van der Waals surface area contributed by atoms with E-state index in [2.05, 4.69) is 15.5 Å². The zero-order valence-corrected chi connectivity index (χ0v) is 9.18. The van der Waals surface area contributed by atoms with Crippen LogP contribution in [0.5, 0.6) is 0 Å². The van der Waals surface area contributed by atoms with Gasteiger partial charge < -0.3 is 14.4 Å². The van der Waals surface area contributed by atoms with Crippen LogP contribution in [-0.2, 0) is 7.05 Å². The molecular weight excluding hydrogens is 204 g/mol. The highest BCUT2D eigenvalue weighted by atomic mass is 16.5. The van der Waals surface area contributed by atoms with E-state index in [4.69, 9.17) is 4.52 Å². The van der Waals surface area contributed by atoms with Crippen molar-refractivity contribution in [3.63, 3.8) is 0 Å². The monoisotopic (exact) mass is 218 g/mol. The van der Waals surface area contributed by atoms with Gasteiger partial charge >= 0.3 is 0 Å². The normalized spacial score (nSPS) is 20.4. The molecule has 1 atom stereocenters. The van der Waals surface area contributed by atoms with Crippen LogP contribution < -0.4 is 5.32 Å². The lowest BCUT2D eigenvalue weighted by Crippen LogP contribution is -2.14. The summed E-state index contributed by atoms with van der Waals surface area (Å²) in [5.74, 6) is 1.37. The average molecular weight is 218 g/mol. The molecule has 1 fully saturated rings. The molecular formula is C11H14N4O. The highest BCUT2D eigenvalue weighted by Gasteiger charge is 2.22. The van der Waals surface area contributed by atoms with Crippen molar-refractivity contribution in [2.75, 3.05) is 6.54 Å². The summed E-state index contributed by atoms with van der Waals surface area (Å²) >= 11 is 0. The molecule has 3 rings (SSSR count). The van der Waals surface area contributed by atoms with Crippen molar-refractivity contribution in [3.8, 4) is 11.6 Å². The first kappa shape index (κ1) is 9.59. The molecule has 0 radical (unpaired) electrons. The van der Waals surface area contributed by atoms with Crippen molar-refractivity contribution in [3.05, 3.63) is 24.2 Å². The Bertz CT molecular complexity index is 482. The molecule has 1 aliphatic rings. The Balaban J connectivity index is 1.90. The number of rotatable bonds is 2. The summed E-state index contributed by atoms with van der Waals surface area (Å²) in [5, 5.41) is 7.39. The summed E-state index contributed by atoms with van der Waals surface area (Å²) in [7, 11) is 1.97. The summed E-state index contributed by atoms with van der Waals surface area (Å²) in [4.78, 5) is 4.43. The van der Waals surface area contributed by atoms with Gasteiger partial charge in [-0.15, -0.1) is 0 Å². The van der Waals surface area contributed by atoms with Gasteiger partial charge in [0.15, 0.2) is 5.82 Å².